The molecule has 0 aromatic heterocycles. The van der Waals surface area contributed by atoms with Crippen LogP contribution in [0, 0.1) is 19.3 Å². The molecule has 2 atom stereocenters. The number of nitrogens with one attached hydrogen (secondary N) is 1. The zero-order chi connectivity index (χ0) is 10.6. The number of aryl methyl sites for hydroxylation is 1. The Balaban J connectivity index is 2.66. The molecule has 0 fully saturated rings. The Labute approximate surface area is 86.5 Å². The second kappa shape index (κ2) is 4.83. The van der Waals surface area contributed by atoms with Gasteiger partial charge in [0.2, 0.25) is 0 Å². The fraction of sp³-hybridized carbons (Fsp3) is 0.385. The summed E-state index contributed by atoms with van der Waals surface area (Å²) in [5, 5.41) is 3.33. The van der Waals surface area contributed by atoms with E-state index in [0.29, 0.717) is 6.04 Å². The molecule has 0 aliphatic carbocycles. The summed E-state index contributed by atoms with van der Waals surface area (Å²) in [6, 6.07) is 8.93. The van der Waals surface area contributed by atoms with Gasteiger partial charge in [-0.2, -0.15) is 0 Å². The Bertz CT molecular complexity index is 318. The van der Waals surface area contributed by atoms with Gasteiger partial charge in [-0.1, -0.05) is 35.7 Å². The van der Waals surface area contributed by atoms with E-state index < -0.39 is 0 Å². The highest BCUT2D eigenvalue weighted by atomic mass is 14.9. The maximum atomic E-state index is 5.31. The lowest BCUT2D eigenvalue weighted by Crippen LogP contribution is -2.27. The predicted molar refractivity (Wildman–Crippen MR) is 61.0 cm³/mol. The van der Waals surface area contributed by atoms with E-state index in [2.05, 4.69) is 49.4 Å². The Morgan fingerprint density at radius 3 is 2.29 bits per heavy atom. The molecule has 1 aromatic carbocycles. The van der Waals surface area contributed by atoms with Crippen LogP contribution in [0.15, 0.2) is 24.3 Å². The molecule has 0 bridgehead atoms. The summed E-state index contributed by atoms with van der Waals surface area (Å²) in [7, 11) is 0. The number of hydrogen-bond acceptors (Lipinski definition) is 1. The van der Waals surface area contributed by atoms with Gasteiger partial charge in [0.15, 0.2) is 0 Å². The van der Waals surface area contributed by atoms with Crippen LogP contribution in [0.5, 0.6) is 0 Å². The van der Waals surface area contributed by atoms with Crippen molar-refractivity contribution in [3.63, 3.8) is 0 Å². The average molecular weight is 187 g/mol. The van der Waals surface area contributed by atoms with Gasteiger partial charge >= 0.3 is 0 Å². The van der Waals surface area contributed by atoms with Crippen LogP contribution in [-0.2, 0) is 0 Å². The van der Waals surface area contributed by atoms with E-state index in [1.54, 1.807) is 0 Å². The van der Waals surface area contributed by atoms with Crippen LogP contribution in [0.25, 0.3) is 0 Å². The van der Waals surface area contributed by atoms with Crippen molar-refractivity contribution in [1.29, 1.82) is 0 Å². The summed E-state index contributed by atoms with van der Waals surface area (Å²) in [6.45, 7) is 6.20. The average Bonchev–Trinajstić information content (AvgIpc) is 2.18. The van der Waals surface area contributed by atoms with E-state index >= 15 is 0 Å². The van der Waals surface area contributed by atoms with Gasteiger partial charge in [-0.25, -0.2) is 0 Å². The zero-order valence-corrected chi connectivity index (χ0v) is 9.04. The summed E-state index contributed by atoms with van der Waals surface area (Å²) in [6.07, 6.45) is 5.31. The van der Waals surface area contributed by atoms with Gasteiger partial charge in [-0.15, -0.1) is 6.42 Å². The van der Waals surface area contributed by atoms with E-state index in [0.717, 1.165) is 0 Å². The van der Waals surface area contributed by atoms with E-state index in [1.165, 1.54) is 11.1 Å². The minimum Gasteiger partial charge on any atom is -0.297 e. The maximum Gasteiger partial charge on any atom is 0.0662 e. The number of rotatable bonds is 3. The van der Waals surface area contributed by atoms with Crippen molar-refractivity contribution in [2.75, 3.05) is 0 Å². The molecule has 0 aliphatic heterocycles. The van der Waals surface area contributed by atoms with Crippen LogP contribution in [0.4, 0.5) is 0 Å². The lowest BCUT2D eigenvalue weighted by Gasteiger charge is -2.16. The van der Waals surface area contributed by atoms with Crippen LogP contribution in [0.3, 0.4) is 0 Å². The second-order valence-corrected chi connectivity index (χ2v) is 3.69. The van der Waals surface area contributed by atoms with Crippen molar-refractivity contribution in [3.05, 3.63) is 35.4 Å². The Morgan fingerprint density at radius 2 is 1.79 bits per heavy atom. The molecule has 0 radical (unpaired) electrons. The van der Waals surface area contributed by atoms with E-state index in [1.807, 2.05) is 6.92 Å². The van der Waals surface area contributed by atoms with Gasteiger partial charge in [0.05, 0.1) is 6.04 Å². The maximum absolute atomic E-state index is 5.31. The minimum absolute atomic E-state index is 0.117. The van der Waals surface area contributed by atoms with Gasteiger partial charge in [0.1, 0.15) is 0 Å². The molecule has 1 rings (SSSR count). The monoisotopic (exact) mass is 187 g/mol. The van der Waals surface area contributed by atoms with Gasteiger partial charge in [0.25, 0.3) is 0 Å². The molecular weight excluding hydrogens is 170 g/mol. The molecule has 1 N–H and O–H groups in total. The lowest BCUT2D eigenvalue weighted by atomic mass is 10.1. The van der Waals surface area contributed by atoms with E-state index in [-0.39, 0.29) is 6.04 Å². The van der Waals surface area contributed by atoms with Crippen LogP contribution in [0.1, 0.15) is 31.0 Å². The van der Waals surface area contributed by atoms with Crippen molar-refractivity contribution in [2.24, 2.45) is 0 Å². The molecule has 1 heteroatoms. The predicted octanol–water partition coefficient (Wildman–Crippen LogP) is 2.67. The van der Waals surface area contributed by atoms with Gasteiger partial charge in [-0.3, -0.25) is 5.32 Å². The van der Waals surface area contributed by atoms with E-state index in [9.17, 15) is 0 Å². The molecule has 1 nitrogen and oxygen atoms in total. The molecule has 0 amide bonds. The fourth-order valence-electron chi connectivity index (χ4n) is 1.37. The summed E-state index contributed by atoms with van der Waals surface area (Å²) < 4.78 is 0. The van der Waals surface area contributed by atoms with Gasteiger partial charge < -0.3 is 0 Å². The third-order valence-electron chi connectivity index (χ3n) is 2.33. The molecular formula is C13H17N. The first-order chi connectivity index (χ1) is 6.63. The molecule has 0 spiro atoms. The second-order valence-electron chi connectivity index (χ2n) is 3.69. The highest BCUT2D eigenvalue weighted by Crippen LogP contribution is 2.13. The quantitative estimate of drug-likeness (QED) is 0.717. The summed E-state index contributed by atoms with van der Waals surface area (Å²) in [5.74, 6) is 2.67. The largest absolute Gasteiger partial charge is 0.297 e. The summed E-state index contributed by atoms with van der Waals surface area (Å²) >= 11 is 0. The summed E-state index contributed by atoms with van der Waals surface area (Å²) in [5.41, 5.74) is 2.56. The van der Waals surface area contributed by atoms with Gasteiger partial charge in [0, 0.05) is 6.04 Å². The van der Waals surface area contributed by atoms with Crippen molar-refractivity contribution >= 4 is 0 Å². The van der Waals surface area contributed by atoms with Crippen LogP contribution >= 0.6 is 0 Å². The minimum atomic E-state index is 0.117. The fourth-order valence-corrected chi connectivity index (χ4v) is 1.37. The Kier molecular flexibility index (Phi) is 3.73. The van der Waals surface area contributed by atoms with Crippen molar-refractivity contribution < 1.29 is 0 Å². The Morgan fingerprint density at radius 1 is 1.21 bits per heavy atom. The molecule has 0 saturated carbocycles. The zero-order valence-electron chi connectivity index (χ0n) is 9.04. The third-order valence-corrected chi connectivity index (χ3v) is 2.33. The molecule has 0 aliphatic rings. The van der Waals surface area contributed by atoms with Crippen LogP contribution in [-0.4, -0.2) is 6.04 Å². The van der Waals surface area contributed by atoms with Crippen LogP contribution < -0.4 is 5.32 Å². The standard InChI is InChI=1S/C13H17N/c1-5-11(3)14-12(4)13-8-6-10(2)7-9-13/h1,6-9,11-12,14H,2-4H3/t11?,12-/m1/s1. The summed E-state index contributed by atoms with van der Waals surface area (Å²) in [4.78, 5) is 0. The molecule has 0 saturated heterocycles. The number of terminal acetylenes is 1. The third kappa shape index (κ3) is 2.90. The number of benzene rings is 1. The molecule has 0 heterocycles. The first kappa shape index (κ1) is 10.8. The number of hydrogen-bond donors (Lipinski definition) is 1. The normalized spacial score (nSPS) is 14.4. The lowest BCUT2D eigenvalue weighted by molar-refractivity contribution is 0.546. The van der Waals surface area contributed by atoms with Crippen LogP contribution in [0.2, 0.25) is 0 Å². The van der Waals surface area contributed by atoms with Crippen molar-refractivity contribution in [2.45, 2.75) is 32.9 Å². The van der Waals surface area contributed by atoms with Crippen molar-refractivity contribution in [1.82, 2.24) is 5.32 Å². The van der Waals surface area contributed by atoms with Crippen molar-refractivity contribution in [3.8, 4) is 12.3 Å². The highest BCUT2D eigenvalue weighted by Gasteiger charge is 2.06. The smallest absolute Gasteiger partial charge is 0.0662 e. The highest BCUT2D eigenvalue weighted by molar-refractivity contribution is 5.24. The Hall–Kier alpha value is -1.26. The van der Waals surface area contributed by atoms with Gasteiger partial charge in [-0.05, 0) is 26.3 Å². The molecule has 1 aromatic rings. The first-order valence-electron chi connectivity index (χ1n) is 4.92. The SMILES string of the molecule is C#CC(C)N[C@H](C)c1ccc(C)cc1. The molecule has 74 valence electrons. The first-order valence-corrected chi connectivity index (χ1v) is 4.92. The molecule has 1 unspecified atom stereocenters. The van der Waals surface area contributed by atoms with E-state index in [4.69, 9.17) is 6.42 Å². The molecule has 14 heavy (non-hydrogen) atoms. The topological polar surface area (TPSA) is 12.0 Å².